The van der Waals surface area contributed by atoms with E-state index in [4.69, 9.17) is 9.72 Å². The molecule has 0 saturated heterocycles. The van der Waals surface area contributed by atoms with Gasteiger partial charge in [-0.05, 0) is 156 Å². The summed E-state index contributed by atoms with van der Waals surface area (Å²) in [7, 11) is 0. The molecule has 1 aliphatic heterocycles. The molecule has 10 aromatic rings. The van der Waals surface area contributed by atoms with Gasteiger partial charge in [-0.15, -0.1) is 0 Å². The molecule has 2 aromatic heterocycles. The molecule has 0 unspecified atom stereocenters. The fraction of sp³-hybridized carbons (Fsp3) is 0.321. The maximum absolute atomic E-state index is 7.37. The van der Waals surface area contributed by atoms with Crippen molar-refractivity contribution < 1.29 is 4.74 Å². The van der Waals surface area contributed by atoms with E-state index in [-0.39, 0.29) is 27.1 Å². The van der Waals surface area contributed by atoms with Crippen LogP contribution in [0.1, 0.15) is 180 Å². The first-order chi connectivity index (χ1) is 39.2. The van der Waals surface area contributed by atoms with Crippen molar-refractivity contribution in [2.24, 2.45) is 0 Å². The van der Waals surface area contributed by atoms with Gasteiger partial charge in [0.25, 0.3) is 0 Å². The summed E-state index contributed by atoms with van der Waals surface area (Å²) in [5.41, 5.74) is 20.0. The SMILES string of the molecule is CC(C)c1cccc(C(C)C)c1-c1cc(Oc2ccc3c4ccccc4n(-c4cc(C(C)(C)C)ccn4)c3c2)cc(N2CN(c3cc(C(C)(C)c4ccccc4)cc(C(C)(C)c4ccccc4)c3)c3cc(C(C)(C)C)c(C(C)(C)C)cc32)c1. The summed E-state index contributed by atoms with van der Waals surface area (Å²) in [5, 5.41) is 2.33. The predicted octanol–water partition coefficient (Wildman–Crippen LogP) is 21.7. The molecular weight excluding hydrogens is 1010 g/mol. The fourth-order valence-electron chi connectivity index (χ4n) is 12.7. The van der Waals surface area contributed by atoms with Crippen LogP contribution in [0.15, 0.2) is 188 Å². The minimum absolute atomic E-state index is 0.0430. The van der Waals surface area contributed by atoms with Crippen molar-refractivity contribution in [1.82, 2.24) is 9.55 Å². The van der Waals surface area contributed by atoms with E-state index in [1.807, 2.05) is 6.20 Å². The molecule has 0 spiro atoms. The lowest BCUT2D eigenvalue weighted by atomic mass is 9.73. The van der Waals surface area contributed by atoms with Gasteiger partial charge in [0.1, 0.15) is 24.0 Å². The molecule has 0 saturated carbocycles. The van der Waals surface area contributed by atoms with Crippen molar-refractivity contribution in [2.45, 2.75) is 157 Å². The van der Waals surface area contributed by atoms with Gasteiger partial charge in [-0.2, -0.15) is 0 Å². The zero-order chi connectivity index (χ0) is 59.1. The van der Waals surface area contributed by atoms with Crippen LogP contribution in [0.2, 0.25) is 0 Å². The Morgan fingerprint density at radius 2 is 0.928 bits per heavy atom. The van der Waals surface area contributed by atoms with E-state index in [1.54, 1.807) is 0 Å². The van der Waals surface area contributed by atoms with Crippen molar-refractivity contribution in [3.8, 4) is 28.4 Å². The smallest absolute Gasteiger partial charge is 0.137 e. The van der Waals surface area contributed by atoms with Gasteiger partial charge in [0, 0.05) is 51.3 Å². The number of anilines is 4. The molecule has 0 fully saturated rings. The average molecular weight is 1100 g/mol. The van der Waals surface area contributed by atoms with Crippen LogP contribution in [0.5, 0.6) is 11.5 Å². The third-order valence-corrected chi connectivity index (χ3v) is 17.8. The number of para-hydroxylation sites is 1. The Labute approximate surface area is 496 Å². The summed E-state index contributed by atoms with van der Waals surface area (Å²) in [6.45, 7) is 40.4. The minimum atomic E-state index is -0.295. The number of rotatable bonds is 12. The van der Waals surface area contributed by atoms with Gasteiger partial charge in [-0.3, -0.25) is 4.57 Å². The quantitative estimate of drug-likeness (QED) is 0.122. The molecule has 1 aliphatic rings. The van der Waals surface area contributed by atoms with Crippen molar-refractivity contribution in [2.75, 3.05) is 16.5 Å². The monoisotopic (exact) mass is 1090 g/mol. The Morgan fingerprint density at radius 1 is 0.410 bits per heavy atom. The summed E-state index contributed by atoms with van der Waals surface area (Å²) in [4.78, 5) is 10.2. The topological polar surface area (TPSA) is 33.5 Å². The van der Waals surface area contributed by atoms with Crippen LogP contribution < -0.4 is 14.5 Å². The van der Waals surface area contributed by atoms with Crippen molar-refractivity contribution in [1.29, 1.82) is 0 Å². The van der Waals surface area contributed by atoms with Gasteiger partial charge in [0.15, 0.2) is 0 Å². The predicted molar refractivity (Wildman–Crippen MR) is 354 cm³/mol. The molecule has 8 aromatic carbocycles. The van der Waals surface area contributed by atoms with Crippen molar-refractivity contribution in [3.05, 3.63) is 238 Å². The summed E-state index contributed by atoms with van der Waals surface area (Å²) < 4.78 is 9.68. The second-order valence-electron chi connectivity index (χ2n) is 28.3. The van der Waals surface area contributed by atoms with E-state index < -0.39 is 0 Å². The molecule has 0 atom stereocenters. The molecular formula is C78H86N4O. The first-order valence-corrected chi connectivity index (χ1v) is 30.2. The third-order valence-electron chi connectivity index (χ3n) is 17.8. The molecule has 5 nitrogen and oxygen atoms in total. The van der Waals surface area contributed by atoms with E-state index in [0.717, 1.165) is 45.0 Å². The van der Waals surface area contributed by atoms with Gasteiger partial charge < -0.3 is 14.5 Å². The summed E-state index contributed by atoms with van der Waals surface area (Å²) in [5.74, 6) is 3.02. The fourth-order valence-corrected chi connectivity index (χ4v) is 12.7. The molecule has 83 heavy (non-hydrogen) atoms. The van der Waals surface area contributed by atoms with Gasteiger partial charge in [-0.25, -0.2) is 4.98 Å². The number of ether oxygens (including phenoxy) is 1. The summed E-state index contributed by atoms with van der Waals surface area (Å²) >= 11 is 0. The number of pyridine rings is 1. The van der Waals surface area contributed by atoms with E-state index in [0.29, 0.717) is 18.5 Å². The maximum atomic E-state index is 7.37. The zero-order valence-electron chi connectivity index (χ0n) is 52.5. The molecule has 3 heterocycles. The first kappa shape index (κ1) is 56.9. The highest BCUT2D eigenvalue weighted by Gasteiger charge is 2.37. The van der Waals surface area contributed by atoms with E-state index in [2.05, 4.69) is 314 Å². The first-order valence-electron chi connectivity index (χ1n) is 30.2. The zero-order valence-corrected chi connectivity index (χ0v) is 52.5. The van der Waals surface area contributed by atoms with Crippen LogP contribution in [0.25, 0.3) is 38.8 Å². The third kappa shape index (κ3) is 10.7. The van der Waals surface area contributed by atoms with Gasteiger partial charge in [0.2, 0.25) is 0 Å². The van der Waals surface area contributed by atoms with Crippen molar-refractivity contribution >= 4 is 44.6 Å². The average Bonchev–Trinajstić information content (AvgIpc) is 3.14. The van der Waals surface area contributed by atoms with Gasteiger partial charge in [-0.1, -0.05) is 221 Å². The van der Waals surface area contributed by atoms with Crippen molar-refractivity contribution in [3.63, 3.8) is 0 Å². The van der Waals surface area contributed by atoms with Gasteiger partial charge >= 0.3 is 0 Å². The van der Waals surface area contributed by atoms with Crippen LogP contribution in [0, 0.1) is 0 Å². The lowest BCUT2D eigenvalue weighted by molar-refractivity contribution is 0.483. The second kappa shape index (κ2) is 21.1. The Morgan fingerprint density at radius 3 is 1.46 bits per heavy atom. The molecule has 0 N–H and O–H groups in total. The number of hydrogen-bond donors (Lipinski definition) is 0. The second-order valence-corrected chi connectivity index (χ2v) is 28.3. The molecule has 424 valence electrons. The number of hydrogen-bond acceptors (Lipinski definition) is 4. The highest BCUT2D eigenvalue weighted by Crippen LogP contribution is 2.53. The van der Waals surface area contributed by atoms with E-state index >= 15 is 0 Å². The number of aromatic nitrogens is 2. The minimum Gasteiger partial charge on any atom is -0.457 e. The Balaban J connectivity index is 1.15. The normalized spacial score (nSPS) is 13.5. The summed E-state index contributed by atoms with van der Waals surface area (Å²) in [6, 6.07) is 68.0. The number of fused-ring (bicyclic) bond motifs is 4. The van der Waals surface area contributed by atoms with Crippen LogP contribution >= 0.6 is 0 Å². The maximum Gasteiger partial charge on any atom is 0.137 e. The highest BCUT2D eigenvalue weighted by atomic mass is 16.5. The Kier molecular flexibility index (Phi) is 14.5. The highest BCUT2D eigenvalue weighted by molar-refractivity contribution is 6.09. The Hall–Kier alpha value is -7.89. The van der Waals surface area contributed by atoms with E-state index in [9.17, 15) is 0 Å². The largest absolute Gasteiger partial charge is 0.457 e. The molecule has 5 heteroatoms. The molecule has 0 radical (unpaired) electrons. The van der Waals surface area contributed by atoms with Gasteiger partial charge in [0.05, 0.1) is 22.4 Å². The Bertz CT molecular complexity index is 3950. The molecule has 0 aliphatic carbocycles. The molecule has 11 rings (SSSR count). The molecule has 0 bridgehead atoms. The van der Waals surface area contributed by atoms with E-state index in [1.165, 1.54) is 78.1 Å². The lowest BCUT2D eigenvalue weighted by Gasteiger charge is -2.34. The number of benzene rings is 8. The summed E-state index contributed by atoms with van der Waals surface area (Å²) in [6.07, 6.45) is 1.95. The standard InChI is InChI=1S/C78H86N4O/c1-50(2)62-32-26-33-63(51(3)4)73(62)52-39-58(45-61(40-52)83-60-35-36-65-64-31-24-25-34-68(64)82(69(65)46-60)72-44-55(37-38-79-72)74(5,6)7)80-49-81(71-48-67(76(11,12)13)66(47-70(71)80)75(8,9)10)59-42-56(77(14,15)53-27-20-18-21-28-53)41-57(43-59)78(16,17)54-29-22-19-23-30-54/h18-48,50-51H,49H2,1-17H3. The van der Waals surface area contributed by atoms with Crippen LogP contribution in [-0.2, 0) is 27.1 Å². The lowest BCUT2D eigenvalue weighted by Crippen LogP contribution is -2.27. The van der Waals surface area contributed by atoms with Crippen LogP contribution in [0.3, 0.4) is 0 Å². The molecule has 0 amide bonds. The van der Waals surface area contributed by atoms with Crippen LogP contribution in [-0.4, -0.2) is 16.2 Å². The van der Waals surface area contributed by atoms with Crippen LogP contribution in [0.4, 0.5) is 22.7 Å². The number of nitrogens with zero attached hydrogens (tertiary/aromatic N) is 4.